The molecule has 10 nitrogen and oxygen atoms in total. The molecule has 3 atom stereocenters. The molecule has 1 aliphatic rings. The lowest BCUT2D eigenvalue weighted by Gasteiger charge is -2.19. The van der Waals surface area contributed by atoms with E-state index in [0.717, 1.165) is 11.0 Å². The lowest BCUT2D eigenvalue weighted by atomic mass is 10.2. The number of hydrogen-bond acceptors (Lipinski definition) is 8. The maximum absolute atomic E-state index is 14.0. The molecule has 3 N–H and O–H groups in total. The quantitative estimate of drug-likeness (QED) is 0.364. The molecule has 0 aromatic carbocycles. The molecule has 26 heavy (non-hydrogen) atoms. The molecule has 0 radical (unpaired) electrons. The van der Waals surface area contributed by atoms with Crippen molar-refractivity contribution in [3.8, 4) is 0 Å². The molecule has 148 valence electrons. The van der Waals surface area contributed by atoms with Crippen molar-refractivity contribution in [2.24, 2.45) is 0 Å². The Hall–Kier alpha value is -1.63. The Kier molecular flexibility index (Phi) is 7.43. The van der Waals surface area contributed by atoms with Crippen LogP contribution >= 0.6 is 0 Å². The van der Waals surface area contributed by atoms with Crippen molar-refractivity contribution in [2.45, 2.75) is 44.9 Å². The fourth-order valence-electron chi connectivity index (χ4n) is 2.62. The highest BCUT2D eigenvalue weighted by Gasteiger charge is 2.35. The topological polar surface area (TPSA) is 126 Å². The lowest BCUT2D eigenvalue weighted by Crippen LogP contribution is -2.46. The van der Waals surface area contributed by atoms with Gasteiger partial charge in [-0.2, -0.15) is 9.45 Å². The van der Waals surface area contributed by atoms with Crippen molar-refractivity contribution < 1.29 is 29.3 Å². The third-order valence-electron chi connectivity index (χ3n) is 3.99. The van der Waals surface area contributed by atoms with E-state index in [9.17, 15) is 24.3 Å². The monoisotopic (exact) mass is 377 g/mol. The van der Waals surface area contributed by atoms with Gasteiger partial charge in [0, 0.05) is 19.6 Å². The van der Waals surface area contributed by atoms with E-state index in [-0.39, 0.29) is 19.6 Å². The average Bonchev–Trinajstić information content (AvgIpc) is 2.99. The average molecular weight is 377 g/mol. The second-order valence-electron chi connectivity index (χ2n) is 6.00. The largest absolute Gasteiger partial charge is 0.394 e. The van der Waals surface area contributed by atoms with Gasteiger partial charge in [0.1, 0.15) is 19.0 Å². The molecule has 1 aromatic heterocycles. The number of aromatic nitrogens is 2. The summed E-state index contributed by atoms with van der Waals surface area (Å²) in [5.41, 5.74) is -2.09. The van der Waals surface area contributed by atoms with Crippen LogP contribution in [0, 0.1) is 5.82 Å². The number of aliphatic hydroxyl groups excluding tert-OH is 2. The normalized spacial score (nSPS) is 23.1. The fraction of sp³-hybridized carbons (Fsp3) is 0.733. The first-order valence-corrected chi connectivity index (χ1v) is 8.36. The van der Waals surface area contributed by atoms with Crippen molar-refractivity contribution in [2.75, 3.05) is 26.4 Å². The van der Waals surface area contributed by atoms with Crippen LogP contribution < -0.4 is 11.2 Å². The Morgan fingerprint density at radius 2 is 2.15 bits per heavy atom. The van der Waals surface area contributed by atoms with Crippen molar-refractivity contribution in [3.05, 3.63) is 32.9 Å². The van der Waals surface area contributed by atoms with Gasteiger partial charge >= 0.3 is 5.69 Å². The maximum Gasteiger partial charge on any atom is 0.334 e. The maximum atomic E-state index is 14.0. The van der Waals surface area contributed by atoms with Crippen LogP contribution in [0.1, 0.15) is 26.0 Å². The van der Waals surface area contributed by atoms with Crippen LogP contribution in [0.15, 0.2) is 15.8 Å². The van der Waals surface area contributed by atoms with Gasteiger partial charge in [0.15, 0.2) is 0 Å². The Morgan fingerprint density at radius 1 is 1.42 bits per heavy atom. The Morgan fingerprint density at radius 3 is 2.77 bits per heavy atom. The molecular formula is C15H24FN3O7. The molecule has 0 aliphatic carbocycles. The summed E-state index contributed by atoms with van der Waals surface area (Å²) in [6.07, 6.45) is -1.50. The molecule has 1 fully saturated rings. The summed E-state index contributed by atoms with van der Waals surface area (Å²) >= 11 is 0. The Labute approximate surface area is 148 Å². The number of rotatable bonds is 9. The smallest absolute Gasteiger partial charge is 0.334 e. The van der Waals surface area contributed by atoms with E-state index in [4.69, 9.17) is 14.6 Å². The number of halogens is 1. The van der Waals surface area contributed by atoms with Gasteiger partial charge in [-0.15, -0.1) is 0 Å². The zero-order valence-corrected chi connectivity index (χ0v) is 14.5. The summed E-state index contributed by atoms with van der Waals surface area (Å²) in [6, 6.07) is 0. The highest BCUT2D eigenvalue weighted by molar-refractivity contribution is 4.93. The van der Waals surface area contributed by atoms with E-state index in [1.807, 2.05) is 6.92 Å². The van der Waals surface area contributed by atoms with E-state index in [1.54, 1.807) is 0 Å². The Balaban J connectivity index is 2.18. The van der Waals surface area contributed by atoms with Crippen molar-refractivity contribution in [1.82, 2.24) is 14.2 Å². The second-order valence-corrected chi connectivity index (χ2v) is 6.00. The van der Waals surface area contributed by atoms with E-state index in [1.165, 1.54) is 0 Å². The van der Waals surface area contributed by atoms with Crippen molar-refractivity contribution in [1.29, 1.82) is 0 Å². The molecule has 2 heterocycles. The molecule has 0 saturated carbocycles. The number of ether oxygens (including phenoxy) is 2. The van der Waals surface area contributed by atoms with Crippen LogP contribution in [0.2, 0.25) is 0 Å². The fourth-order valence-corrected chi connectivity index (χ4v) is 2.62. The highest BCUT2D eigenvalue weighted by atomic mass is 19.1. The summed E-state index contributed by atoms with van der Waals surface area (Å²) in [5, 5.41) is 29.4. The molecule has 11 heteroatoms. The zero-order chi connectivity index (χ0) is 19.3. The Bertz CT molecular complexity index is 707. The lowest BCUT2D eigenvalue weighted by molar-refractivity contribution is -0.130. The van der Waals surface area contributed by atoms with Gasteiger partial charge in [0.05, 0.1) is 25.5 Å². The predicted octanol–water partition coefficient (Wildman–Crippen LogP) is -1.13. The van der Waals surface area contributed by atoms with Gasteiger partial charge in [-0.3, -0.25) is 9.36 Å². The molecular weight excluding hydrogens is 353 g/mol. The highest BCUT2D eigenvalue weighted by Crippen LogP contribution is 2.27. The number of nitrogens with zero attached hydrogens (tertiary/aromatic N) is 3. The first kappa shape index (κ1) is 20.7. The molecule has 1 aromatic rings. The van der Waals surface area contributed by atoms with E-state index >= 15 is 0 Å². The van der Waals surface area contributed by atoms with Crippen LogP contribution in [0.3, 0.4) is 0 Å². The third-order valence-corrected chi connectivity index (χ3v) is 3.99. The van der Waals surface area contributed by atoms with Gasteiger partial charge in [0.2, 0.25) is 5.82 Å². The first-order chi connectivity index (χ1) is 12.4. The molecule has 1 saturated heterocycles. The minimum absolute atomic E-state index is 0.0215. The summed E-state index contributed by atoms with van der Waals surface area (Å²) < 4.78 is 25.8. The summed E-state index contributed by atoms with van der Waals surface area (Å²) in [5.74, 6) is -1.20. The van der Waals surface area contributed by atoms with E-state index in [0.29, 0.717) is 22.4 Å². The van der Waals surface area contributed by atoms with E-state index in [2.05, 4.69) is 0 Å². The van der Waals surface area contributed by atoms with Crippen molar-refractivity contribution in [3.63, 3.8) is 0 Å². The predicted molar refractivity (Wildman–Crippen MR) is 86.1 cm³/mol. The first-order valence-electron chi connectivity index (χ1n) is 8.36. The molecule has 3 unspecified atom stereocenters. The van der Waals surface area contributed by atoms with Crippen LogP contribution in [0.5, 0.6) is 0 Å². The molecule has 0 bridgehead atoms. The molecule has 2 rings (SSSR count). The zero-order valence-electron chi connectivity index (χ0n) is 14.5. The SMILES string of the molecule is CCCOCCN(O)Cn1c(=O)c(F)cn(C2CC(O)C(CO)O2)c1=O. The number of hydroxylamine groups is 2. The molecule has 0 spiro atoms. The van der Waals surface area contributed by atoms with Crippen molar-refractivity contribution >= 4 is 0 Å². The third kappa shape index (κ3) is 4.75. The minimum Gasteiger partial charge on any atom is -0.394 e. The second kappa shape index (κ2) is 9.35. The minimum atomic E-state index is -1.20. The summed E-state index contributed by atoms with van der Waals surface area (Å²) in [6.45, 7) is 1.62. The van der Waals surface area contributed by atoms with E-state index < -0.39 is 48.8 Å². The molecule has 1 aliphatic heterocycles. The van der Waals surface area contributed by atoms with Crippen LogP contribution in [0.25, 0.3) is 0 Å². The van der Waals surface area contributed by atoms with Crippen LogP contribution in [-0.4, -0.2) is 68.2 Å². The van der Waals surface area contributed by atoms with Gasteiger partial charge in [-0.1, -0.05) is 6.92 Å². The van der Waals surface area contributed by atoms with Gasteiger partial charge in [0.25, 0.3) is 5.56 Å². The molecule has 0 amide bonds. The standard InChI is InChI=1S/C15H24FN3O7/c1-2-4-25-5-3-17(24)9-19-14(22)10(16)7-18(15(19)23)13-6-11(21)12(8-20)26-13/h7,11-13,20-21,24H,2-6,8-9H2,1H3. The van der Waals surface area contributed by atoms with Gasteiger partial charge < -0.3 is 24.9 Å². The van der Waals surface area contributed by atoms with Crippen LogP contribution in [-0.2, 0) is 16.1 Å². The van der Waals surface area contributed by atoms with Gasteiger partial charge in [-0.05, 0) is 6.42 Å². The number of aliphatic hydroxyl groups is 2. The summed E-state index contributed by atoms with van der Waals surface area (Å²) in [7, 11) is 0. The summed E-state index contributed by atoms with van der Waals surface area (Å²) in [4.78, 5) is 24.4. The van der Waals surface area contributed by atoms with Gasteiger partial charge in [-0.25, -0.2) is 9.36 Å². The van der Waals surface area contributed by atoms with Crippen LogP contribution in [0.4, 0.5) is 4.39 Å². The number of hydrogen-bond donors (Lipinski definition) is 3.